The lowest BCUT2D eigenvalue weighted by molar-refractivity contribution is 0.119. The zero-order valence-electron chi connectivity index (χ0n) is 13.7. The van der Waals surface area contributed by atoms with Crippen LogP contribution in [0.25, 0.3) is 0 Å². The molecule has 8 heteroatoms. The van der Waals surface area contributed by atoms with Gasteiger partial charge in [0.15, 0.2) is 0 Å². The number of likely N-dealkylation sites (N-methyl/N-ethyl adjacent to an activating group) is 1. The first-order valence-corrected chi connectivity index (χ1v) is 9.36. The topological polar surface area (TPSA) is 69.3 Å². The Kier molecular flexibility index (Phi) is 4.71. The molecule has 24 heavy (non-hydrogen) atoms. The van der Waals surface area contributed by atoms with Gasteiger partial charge in [-0.15, -0.1) is 0 Å². The molecule has 2 heterocycles. The highest BCUT2D eigenvalue weighted by Gasteiger charge is 2.35. The lowest BCUT2D eigenvalue weighted by Crippen LogP contribution is -2.50. The SMILES string of the molecule is CCN1CCN(S(=O)(=O)c2cc(C)cc(F)c2)C[C@@H]1c1ncc[nH]1. The summed E-state index contributed by atoms with van der Waals surface area (Å²) in [5.41, 5.74) is 0.586. The Balaban J connectivity index is 1.91. The Morgan fingerprint density at radius 1 is 1.33 bits per heavy atom. The quantitative estimate of drug-likeness (QED) is 0.913. The van der Waals surface area contributed by atoms with Crippen molar-refractivity contribution in [1.82, 2.24) is 19.2 Å². The number of H-pyrrole nitrogens is 1. The maximum atomic E-state index is 13.6. The molecule has 0 saturated carbocycles. The average Bonchev–Trinajstić information content (AvgIpc) is 3.07. The number of benzene rings is 1. The summed E-state index contributed by atoms with van der Waals surface area (Å²) in [4.78, 5) is 9.53. The van der Waals surface area contributed by atoms with Crippen molar-refractivity contribution in [3.05, 3.63) is 47.8 Å². The fourth-order valence-corrected chi connectivity index (χ4v) is 4.67. The third kappa shape index (κ3) is 3.22. The number of sulfonamides is 1. The van der Waals surface area contributed by atoms with Crippen LogP contribution in [0.5, 0.6) is 0 Å². The van der Waals surface area contributed by atoms with E-state index >= 15 is 0 Å². The van der Waals surface area contributed by atoms with Crippen molar-refractivity contribution in [1.29, 1.82) is 0 Å². The van der Waals surface area contributed by atoms with Gasteiger partial charge in [0.2, 0.25) is 10.0 Å². The minimum Gasteiger partial charge on any atom is -0.347 e. The number of aromatic amines is 1. The molecule has 1 N–H and O–H groups in total. The van der Waals surface area contributed by atoms with Gasteiger partial charge in [-0.3, -0.25) is 4.90 Å². The number of hydrogen-bond donors (Lipinski definition) is 1. The second kappa shape index (κ2) is 6.62. The van der Waals surface area contributed by atoms with Gasteiger partial charge in [-0.25, -0.2) is 17.8 Å². The lowest BCUT2D eigenvalue weighted by Gasteiger charge is -2.39. The van der Waals surface area contributed by atoms with Crippen LogP contribution in [-0.2, 0) is 10.0 Å². The summed E-state index contributed by atoms with van der Waals surface area (Å²) in [5.74, 6) is 0.204. The molecular weight excluding hydrogens is 331 g/mol. The van der Waals surface area contributed by atoms with Crippen molar-refractivity contribution in [2.24, 2.45) is 0 Å². The smallest absolute Gasteiger partial charge is 0.243 e. The zero-order chi connectivity index (χ0) is 17.3. The van der Waals surface area contributed by atoms with Crippen molar-refractivity contribution in [3.8, 4) is 0 Å². The monoisotopic (exact) mass is 352 g/mol. The van der Waals surface area contributed by atoms with Gasteiger partial charge >= 0.3 is 0 Å². The van der Waals surface area contributed by atoms with E-state index in [1.807, 2.05) is 6.92 Å². The molecule has 0 amide bonds. The van der Waals surface area contributed by atoms with Gasteiger partial charge in [0, 0.05) is 32.0 Å². The largest absolute Gasteiger partial charge is 0.347 e. The highest BCUT2D eigenvalue weighted by molar-refractivity contribution is 7.89. The molecule has 1 aliphatic heterocycles. The third-order valence-corrected chi connectivity index (χ3v) is 6.19. The minimum absolute atomic E-state index is 0.00291. The van der Waals surface area contributed by atoms with Crippen molar-refractivity contribution >= 4 is 10.0 Å². The first kappa shape index (κ1) is 17.1. The van der Waals surface area contributed by atoms with Crippen LogP contribution in [0.3, 0.4) is 0 Å². The van der Waals surface area contributed by atoms with Crippen LogP contribution >= 0.6 is 0 Å². The minimum atomic E-state index is -3.74. The fourth-order valence-electron chi connectivity index (χ4n) is 3.11. The van der Waals surface area contributed by atoms with Crippen molar-refractivity contribution < 1.29 is 12.8 Å². The molecule has 1 aromatic carbocycles. The van der Waals surface area contributed by atoms with E-state index in [-0.39, 0.29) is 10.9 Å². The second-order valence-corrected chi connectivity index (χ2v) is 7.88. The van der Waals surface area contributed by atoms with E-state index in [0.29, 0.717) is 25.2 Å². The first-order chi connectivity index (χ1) is 11.4. The van der Waals surface area contributed by atoms with Crippen molar-refractivity contribution in [3.63, 3.8) is 0 Å². The normalized spacial score (nSPS) is 20.4. The molecular formula is C16H21FN4O2S. The van der Waals surface area contributed by atoms with E-state index in [1.54, 1.807) is 19.3 Å². The van der Waals surface area contributed by atoms with Gasteiger partial charge in [0.25, 0.3) is 0 Å². The number of aryl methyl sites for hydroxylation is 1. The summed E-state index contributed by atoms with van der Waals surface area (Å²) in [6.45, 7) is 5.80. The predicted molar refractivity (Wildman–Crippen MR) is 88.5 cm³/mol. The van der Waals surface area contributed by atoms with E-state index in [1.165, 1.54) is 16.4 Å². The number of piperazine rings is 1. The number of nitrogens with one attached hydrogen (secondary N) is 1. The van der Waals surface area contributed by atoms with Gasteiger partial charge in [-0.2, -0.15) is 4.31 Å². The molecule has 0 bridgehead atoms. The van der Waals surface area contributed by atoms with Crippen LogP contribution in [0.2, 0.25) is 0 Å². The fraction of sp³-hybridized carbons (Fsp3) is 0.438. The van der Waals surface area contributed by atoms with E-state index in [4.69, 9.17) is 0 Å². The van der Waals surface area contributed by atoms with E-state index < -0.39 is 15.8 Å². The number of aromatic nitrogens is 2. The van der Waals surface area contributed by atoms with Crippen LogP contribution in [0, 0.1) is 12.7 Å². The van der Waals surface area contributed by atoms with Crippen molar-refractivity contribution in [2.45, 2.75) is 24.8 Å². The Labute approximate surface area is 141 Å². The molecule has 1 aromatic heterocycles. The van der Waals surface area contributed by atoms with Crippen LogP contribution < -0.4 is 0 Å². The number of hydrogen-bond acceptors (Lipinski definition) is 4. The zero-order valence-corrected chi connectivity index (χ0v) is 14.6. The summed E-state index contributed by atoms with van der Waals surface area (Å²) >= 11 is 0. The third-order valence-electron chi connectivity index (χ3n) is 4.35. The average molecular weight is 352 g/mol. The summed E-state index contributed by atoms with van der Waals surface area (Å²) in [7, 11) is -3.74. The summed E-state index contributed by atoms with van der Waals surface area (Å²) in [5, 5.41) is 0. The van der Waals surface area contributed by atoms with Crippen molar-refractivity contribution in [2.75, 3.05) is 26.2 Å². The van der Waals surface area contributed by atoms with E-state index in [0.717, 1.165) is 18.4 Å². The number of nitrogens with zero attached hydrogens (tertiary/aromatic N) is 3. The molecule has 2 aromatic rings. The van der Waals surface area contributed by atoms with Crippen LogP contribution in [0.4, 0.5) is 4.39 Å². The second-order valence-electron chi connectivity index (χ2n) is 5.95. The number of halogens is 1. The summed E-state index contributed by atoms with van der Waals surface area (Å²) in [6, 6.07) is 3.77. The molecule has 0 radical (unpaired) electrons. The molecule has 130 valence electrons. The van der Waals surface area contributed by atoms with Gasteiger partial charge < -0.3 is 4.98 Å². The lowest BCUT2D eigenvalue weighted by atomic mass is 10.2. The molecule has 6 nitrogen and oxygen atoms in total. The highest BCUT2D eigenvalue weighted by Crippen LogP contribution is 2.27. The van der Waals surface area contributed by atoms with Gasteiger partial charge in [0.1, 0.15) is 11.6 Å². The summed E-state index contributed by atoms with van der Waals surface area (Å²) in [6.07, 6.45) is 3.39. The Bertz CT molecular complexity index is 787. The number of rotatable bonds is 4. The van der Waals surface area contributed by atoms with Crippen LogP contribution in [0.15, 0.2) is 35.5 Å². The molecule has 0 spiro atoms. The Morgan fingerprint density at radius 2 is 2.12 bits per heavy atom. The van der Waals surface area contributed by atoms with E-state index in [9.17, 15) is 12.8 Å². The molecule has 1 saturated heterocycles. The molecule has 1 fully saturated rings. The first-order valence-electron chi connectivity index (χ1n) is 7.92. The Hall–Kier alpha value is -1.77. The standard InChI is InChI=1S/C16H21FN4O2S/c1-3-20-6-7-21(11-15(20)16-18-4-5-19-16)24(22,23)14-9-12(2)8-13(17)10-14/h4-5,8-10,15H,3,6-7,11H2,1-2H3,(H,18,19)/t15-/m1/s1. The summed E-state index contributed by atoms with van der Waals surface area (Å²) < 4.78 is 40.9. The number of imidazole rings is 1. The molecule has 1 atom stereocenters. The van der Waals surface area contributed by atoms with Gasteiger partial charge in [0.05, 0.1) is 10.9 Å². The molecule has 1 aliphatic rings. The molecule has 0 aliphatic carbocycles. The maximum absolute atomic E-state index is 13.6. The van der Waals surface area contributed by atoms with E-state index in [2.05, 4.69) is 14.9 Å². The Morgan fingerprint density at radius 3 is 2.75 bits per heavy atom. The molecule has 3 rings (SSSR count). The highest BCUT2D eigenvalue weighted by atomic mass is 32.2. The predicted octanol–water partition coefficient (Wildman–Crippen LogP) is 1.92. The maximum Gasteiger partial charge on any atom is 0.243 e. The van der Waals surface area contributed by atoms with Gasteiger partial charge in [-0.1, -0.05) is 6.92 Å². The van der Waals surface area contributed by atoms with Crippen LogP contribution in [-0.4, -0.2) is 53.8 Å². The van der Waals surface area contributed by atoms with Crippen LogP contribution in [0.1, 0.15) is 24.4 Å². The van der Waals surface area contributed by atoms with Gasteiger partial charge in [-0.05, 0) is 37.2 Å². The molecule has 0 unspecified atom stereocenters.